The van der Waals surface area contributed by atoms with E-state index in [0.717, 1.165) is 15.6 Å². The topological polar surface area (TPSA) is 66.4 Å². The third kappa shape index (κ3) is 4.04. The molecule has 0 aliphatic rings. The van der Waals surface area contributed by atoms with E-state index in [1.165, 1.54) is 0 Å². The Bertz CT molecular complexity index is 566. The molecule has 4 nitrogen and oxygen atoms in total. The van der Waals surface area contributed by atoms with Crippen LogP contribution in [0.2, 0.25) is 0 Å². The van der Waals surface area contributed by atoms with Gasteiger partial charge in [-0.2, -0.15) is 0 Å². The quantitative estimate of drug-likeness (QED) is 0.816. The average Bonchev–Trinajstić information content (AvgIpc) is 2.38. The maximum atomic E-state index is 12.5. The molecule has 0 heterocycles. The summed E-state index contributed by atoms with van der Waals surface area (Å²) in [6.07, 6.45) is 0.544. The van der Waals surface area contributed by atoms with Gasteiger partial charge in [0.2, 0.25) is 10.0 Å². The lowest BCUT2D eigenvalue weighted by Gasteiger charge is -2.19. The summed E-state index contributed by atoms with van der Waals surface area (Å²) in [5.41, 5.74) is 1.63. The fourth-order valence-corrected chi connectivity index (χ4v) is 3.99. The Balaban J connectivity index is 3.33. The average molecular weight is 364 g/mol. The van der Waals surface area contributed by atoms with Crippen LogP contribution in [0.4, 0.5) is 0 Å². The molecule has 1 aromatic rings. The van der Waals surface area contributed by atoms with Gasteiger partial charge in [0, 0.05) is 10.5 Å². The first-order valence-corrected chi connectivity index (χ1v) is 8.93. The van der Waals surface area contributed by atoms with Gasteiger partial charge in [0.25, 0.3) is 0 Å². The Kier molecular flexibility index (Phi) is 6.19. The zero-order valence-electron chi connectivity index (χ0n) is 12.3. The fraction of sp³-hybridized carbons (Fsp3) is 0.571. The largest absolute Gasteiger partial charge is 0.395 e. The number of aliphatic hydroxyl groups excluding tert-OH is 1. The highest BCUT2D eigenvalue weighted by Gasteiger charge is 2.23. The van der Waals surface area contributed by atoms with Gasteiger partial charge in [-0.25, -0.2) is 13.1 Å². The molecule has 0 unspecified atom stereocenters. The van der Waals surface area contributed by atoms with Crippen LogP contribution in [-0.4, -0.2) is 26.2 Å². The first-order chi connectivity index (χ1) is 9.22. The zero-order valence-corrected chi connectivity index (χ0v) is 14.7. The fourth-order valence-electron chi connectivity index (χ4n) is 1.89. The van der Waals surface area contributed by atoms with Gasteiger partial charge in [0.15, 0.2) is 0 Å². The molecule has 0 radical (unpaired) electrons. The number of rotatable bonds is 6. The highest BCUT2D eigenvalue weighted by Crippen LogP contribution is 2.30. The van der Waals surface area contributed by atoms with Gasteiger partial charge in [0.05, 0.1) is 11.5 Å². The molecule has 6 heteroatoms. The second-order valence-electron chi connectivity index (χ2n) is 5.20. The summed E-state index contributed by atoms with van der Waals surface area (Å²) in [6.45, 7) is 7.40. The van der Waals surface area contributed by atoms with Crippen molar-refractivity contribution in [3.8, 4) is 0 Å². The van der Waals surface area contributed by atoms with E-state index in [2.05, 4.69) is 20.7 Å². The van der Waals surface area contributed by atoms with Crippen LogP contribution < -0.4 is 4.72 Å². The highest BCUT2D eigenvalue weighted by atomic mass is 79.9. The zero-order chi connectivity index (χ0) is 15.5. The van der Waals surface area contributed by atoms with Crippen molar-refractivity contribution in [3.05, 3.63) is 27.7 Å². The van der Waals surface area contributed by atoms with Crippen LogP contribution in [0, 0.1) is 6.92 Å². The molecule has 0 saturated carbocycles. The minimum Gasteiger partial charge on any atom is -0.395 e. The van der Waals surface area contributed by atoms with Crippen molar-refractivity contribution in [1.82, 2.24) is 4.72 Å². The lowest BCUT2D eigenvalue weighted by atomic mass is 10.0. The molecule has 1 rings (SSSR count). The van der Waals surface area contributed by atoms with Crippen LogP contribution in [0.3, 0.4) is 0 Å². The number of aliphatic hydroxyl groups is 1. The van der Waals surface area contributed by atoms with Crippen molar-refractivity contribution in [2.24, 2.45) is 0 Å². The minimum atomic E-state index is -3.63. The Hall–Kier alpha value is -0.430. The number of hydrogen-bond donors (Lipinski definition) is 2. The van der Waals surface area contributed by atoms with Crippen molar-refractivity contribution in [2.45, 2.75) is 51.0 Å². The van der Waals surface area contributed by atoms with Crippen molar-refractivity contribution < 1.29 is 13.5 Å². The second-order valence-corrected chi connectivity index (χ2v) is 7.74. The summed E-state index contributed by atoms with van der Waals surface area (Å²) in [4.78, 5) is 0.292. The molecular weight excluding hydrogens is 342 g/mol. The van der Waals surface area contributed by atoms with Crippen molar-refractivity contribution >= 4 is 26.0 Å². The first kappa shape index (κ1) is 17.6. The van der Waals surface area contributed by atoms with Crippen molar-refractivity contribution in [3.63, 3.8) is 0 Å². The van der Waals surface area contributed by atoms with Gasteiger partial charge in [-0.1, -0.05) is 36.7 Å². The molecule has 0 saturated heterocycles. The van der Waals surface area contributed by atoms with E-state index in [-0.39, 0.29) is 12.5 Å². The molecule has 2 N–H and O–H groups in total. The molecule has 0 aliphatic heterocycles. The summed E-state index contributed by atoms with van der Waals surface area (Å²) in [7, 11) is -3.63. The van der Waals surface area contributed by atoms with Crippen LogP contribution in [-0.2, 0) is 10.0 Å². The van der Waals surface area contributed by atoms with E-state index >= 15 is 0 Å². The molecule has 0 fully saturated rings. The number of nitrogens with one attached hydrogen (secondary N) is 1. The van der Waals surface area contributed by atoms with Gasteiger partial charge in [-0.15, -0.1) is 0 Å². The lowest BCUT2D eigenvalue weighted by molar-refractivity contribution is 0.254. The maximum absolute atomic E-state index is 12.5. The van der Waals surface area contributed by atoms with E-state index in [1.807, 2.05) is 33.8 Å². The SMILES string of the molecule is CC[C@@H](CO)NS(=O)(=O)c1cc(C)c(Br)cc1C(C)C. The number of benzene rings is 1. The Morgan fingerprint density at radius 1 is 1.35 bits per heavy atom. The molecule has 0 aliphatic carbocycles. The molecule has 0 amide bonds. The maximum Gasteiger partial charge on any atom is 0.241 e. The Morgan fingerprint density at radius 2 is 1.95 bits per heavy atom. The number of halogens is 1. The third-order valence-electron chi connectivity index (χ3n) is 3.24. The molecule has 1 atom stereocenters. The Labute approximate surface area is 129 Å². The molecule has 114 valence electrons. The molecule has 0 aromatic heterocycles. The lowest BCUT2D eigenvalue weighted by Crippen LogP contribution is -2.37. The van der Waals surface area contributed by atoms with Crippen molar-refractivity contribution in [2.75, 3.05) is 6.61 Å². The van der Waals surface area contributed by atoms with Gasteiger partial charge in [-0.05, 0) is 42.5 Å². The van der Waals surface area contributed by atoms with Crippen LogP contribution >= 0.6 is 15.9 Å². The highest BCUT2D eigenvalue weighted by molar-refractivity contribution is 9.10. The summed E-state index contributed by atoms with van der Waals surface area (Å²) in [5, 5.41) is 9.18. The van der Waals surface area contributed by atoms with Crippen LogP contribution in [0.25, 0.3) is 0 Å². The molecular formula is C14H22BrNO3S. The van der Waals surface area contributed by atoms with Gasteiger partial charge in [-0.3, -0.25) is 0 Å². The number of sulfonamides is 1. The Morgan fingerprint density at radius 3 is 2.40 bits per heavy atom. The van der Waals surface area contributed by atoms with Gasteiger partial charge >= 0.3 is 0 Å². The standard InChI is InChI=1S/C14H22BrNO3S/c1-5-11(8-17)16-20(18,19)14-6-10(4)13(15)7-12(14)9(2)3/h6-7,9,11,16-17H,5,8H2,1-4H3/t11-/m0/s1. The van der Waals surface area contributed by atoms with E-state index in [0.29, 0.717) is 11.3 Å². The normalized spacial score (nSPS) is 13.8. The van der Waals surface area contributed by atoms with Gasteiger partial charge < -0.3 is 5.11 Å². The van der Waals surface area contributed by atoms with E-state index in [1.54, 1.807) is 6.07 Å². The minimum absolute atomic E-state index is 0.0904. The van der Waals surface area contributed by atoms with E-state index < -0.39 is 16.1 Å². The number of aryl methyl sites for hydroxylation is 1. The summed E-state index contributed by atoms with van der Waals surface area (Å²) in [5.74, 6) is 0.0904. The van der Waals surface area contributed by atoms with Crippen LogP contribution in [0.5, 0.6) is 0 Å². The summed E-state index contributed by atoms with van der Waals surface area (Å²) in [6, 6.07) is 3.07. The molecule has 1 aromatic carbocycles. The molecule has 20 heavy (non-hydrogen) atoms. The van der Waals surface area contributed by atoms with E-state index in [9.17, 15) is 13.5 Å². The monoisotopic (exact) mass is 363 g/mol. The number of hydrogen-bond acceptors (Lipinski definition) is 3. The van der Waals surface area contributed by atoms with Crippen LogP contribution in [0.1, 0.15) is 44.2 Å². The second kappa shape index (κ2) is 7.02. The smallest absolute Gasteiger partial charge is 0.241 e. The predicted molar refractivity (Wildman–Crippen MR) is 84.5 cm³/mol. The van der Waals surface area contributed by atoms with Crippen molar-refractivity contribution in [1.29, 1.82) is 0 Å². The summed E-state index contributed by atoms with van der Waals surface area (Å²) < 4.78 is 28.5. The predicted octanol–water partition coefficient (Wildman–Crippen LogP) is 2.93. The summed E-state index contributed by atoms with van der Waals surface area (Å²) >= 11 is 3.44. The van der Waals surface area contributed by atoms with E-state index in [4.69, 9.17) is 0 Å². The third-order valence-corrected chi connectivity index (χ3v) is 5.67. The first-order valence-electron chi connectivity index (χ1n) is 6.66. The molecule has 0 bridgehead atoms. The van der Waals surface area contributed by atoms with Gasteiger partial charge in [0.1, 0.15) is 0 Å². The molecule has 0 spiro atoms. The van der Waals surface area contributed by atoms with Crippen LogP contribution in [0.15, 0.2) is 21.5 Å².